The average Bonchev–Trinajstić information content (AvgIpc) is 3.22. The van der Waals surface area contributed by atoms with Gasteiger partial charge in [0.2, 0.25) is 12.7 Å². The third-order valence-corrected chi connectivity index (χ3v) is 6.32. The molecule has 2 heterocycles. The summed E-state index contributed by atoms with van der Waals surface area (Å²) in [6.07, 6.45) is 6.05. The molecule has 1 aliphatic rings. The minimum absolute atomic E-state index is 0.00330. The average molecular weight is 502 g/mol. The maximum Gasteiger partial charge on any atom is 0.326 e. The van der Waals surface area contributed by atoms with E-state index >= 15 is 0 Å². The highest BCUT2D eigenvalue weighted by atomic mass is 35.5. The highest BCUT2D eigenvalue weighted by Gasteiger charge is 2.22. The number of nitrogens with zero attached hydrogens (tertiary/aromatic N) is 2. The zero-order valence-corrected chi connectivity index (χ0v) is 20.0. The first-order chi connectivity index (χ1) is 15.3. The topological polar surface area (TPSA) is 125 Å². The molecule has 2 aromatic heterocycles. The van der Waals surface area contributed by atoms with Gasteiger partial charge in [0.05, 0.1) is 10.0 Å². The van der Waals surface area contributed by atoms with E-state index in [0.29, 0.717) is 21.7 Å². The van der Waals surface area contributed by atoms with Crippen molar-refractivity contribution in [1.82, 2.24) is 9.97 Å². The zero-order valence-electron chi connectivity index (χ0n) is 17.7. The van der Waals surface area contributed by atoms with E-state index < -0.39 is 12.0 Å². The highest BCUT2D eigenvalue weighted by molar-refractivity contribution is 7.98. The number of nitrogens with two attached hydrogens (primary N) is 1. The van der Waals surface area contributed by atoms with E-state index in [2.05, 4.69) is 16.0 Å². The molecule has 0 aliphatic heterocycles. The molecule has 174 valence electrons. The molecule has 0 aromatic carbocycles. The van der Waals surface area contributed by atoms with Crippen LogP contribution in [0.2, 0.25) is 10.0 Å². The Hall–Kier alpha value is -2.07. The van der Waals surface area contributed by atoms with Crippen LogP contribution in [0.5, 0.6) is 5.88 Å². The number of aromatic nitrogens is 2. The van der Waals surface area contributed by atoms with E-state index in [-0.39, 0.29) is 19.2 Å². The summed E-state index contributed by atoms with van der Waals surface area (Å²) in [6.45, 7) is 3.27. The minimum atomic E-state index is -0.672. The van der Waals surface area contributed by atoms with Gasteiger partial charge in [-0.2, -0.15) is 0 Å². The Bertz CT molecular complexity index is 926. The summed E-state index contributed by atoms with van der Waals surface area (Å²) in [5, 5.41) is 8.74. The fourth-order valence-corrected chi connectivity index (χ4v) is 4.58. The number of pyridine rings is 2. The molecule has 8 nitrogen and oxygen atoms in total. The zero-order chi connectivity index (χ0) is 23.7. The fourth-order valence-electron chi connectivity index (χ4n) is 2.95. The van der Waals surface area contributed by atoms with Crippen LogP contribution in [0.1, 0.15) is 37.0 Å². The predicted octanol–water partition coefficient (Wildman–Crippen LogP) is 4.13. The summed E-state index contributed by atoms with van der Waals surface area (Å²) in [7, 11) is 0. The maximum absolute atomic E-state index is 11.9. The third kappa shape index (κ3) is 7.23. The minimum Gasteiger partial charge on any atom is -0.483 e. The Labute approximate surface area is 200 Å². The van der Waals surface area contributed by atoms with Gasteiger partial charge in [-0.25, -0.2) is 4.98 Å². The van der Waals surface area contributed by atoms with Crippen LogP contribution in [0.25, 0.3) is 0 Å². The van der Waals surface area contributed by atoms with Gasteiger partial charge in [-0.1, -0.05) is 37.0 Å². The van der Waals surface area contributed by atoms with Crippen LogP contribution in [0.3, 0.4) is 0 Å². The molecule has 32 heavy (non-hydrogen) atoms. The van der Waals surface area contributed by atoms with Crippen LogP contribution >= 0.6 is 35.0 Å². The van der Waals surface area contributed by atoms with Crippen molar-refractivity contribution in [3.63, 3.8) is 0 Å². The lowest BCUT2D eigenvalue weighted by Crippen LogP contribution is -2.37. The van der Waals surface area contributed by atoms with Gasteiger partial charge in [0.25, 0.3) is 6.47 Å². The Balaban J connectivity index is 0.00000114. The van der Waals surface area contributed by atoms with Gasteiger partial charge in [0.1, 0.15) is 11.1 Å². The monoisotopic (exact) mass is 501 g/mol. The molecule has 2 aromatic rings. The van der Waals surface area contributed by atoms with Crippen molar-refractivity contribution in [2.45, 2.75) is 49.9 Å². The van der Waals surface area contributed by atoms with Crippen molar-refractivity contribution in [2.24, 2.45) is 11.7 Å². The summed E-state index contributed by atoms with van der Waals surface area (Å²) >= 11 is 13.9. The third-order valence-electron chi connectivity index (χ3n) is 4.73. The van der Waals surface area contributed by atoms with E-state index in [9.17, 15) is 4.79 Å². The Morgan fingerprint density at radius 2 is 1.97 bits per heavy atom. The maximum atomic E-state index is 11.9. The second-order valence-electron chi connectivity index (χ2n) is 7.23. The molecule has 3 N–H and O–H groups in total. The first-order valence-electron chi connectivity index (χ1n) is 9.84. The van der Waals surface area contributed by atoms with Crippen LogP contribution in [0.4, 0.5) is 0 Å². The fraction of sp³-hybridized carbons (Fsp3) is 0.429. The number of carbonyl (C=O) groups is 2. The van der Waals surface area contributed by atoms with Gasteiger partial charge >= 0.3 is 5.97 Å². The lowest BCUT2D eigenvalue weighted by molar-refractivity contribution is -0.153. The molecule has 0 saturated heterocycles. The molecule has 0 amide bonds. The van der Waals surface area contributed by atoms with E-state index in [1.165, 1.54) is 17.3 Å². The lowest BCUT2D eigenvalue weighted by atomic mass is 10.1. The second kappa shape index (κ2) is 12.8. The number of carbonyl (C=O) groups excluding carboxylic acids is 1. The molecule has 0 saturated carbocycles. The van der Waals surface area contributed by atoms with Crippen LogP contribution < -0.4 is 10.5 Å². The van der Waals surface area contributed by atoms with Gasteiger partial charge < -0.3 is 20.3 Å². The Morgan fingerprint density at radius 1 is 1.31 bits per heavy atom. The second-order valence-corrected chi connectivity index (χ2v) is 9.04. The first-order valence-corrected chi connectivity index (χ1v) is 11.6. The molecule has 0 bridgehead atoms. The summed E-state index contributed by atoms with van der Waals surface area (Å²) in [6, 6.07) is 1.40. The number of aryl methyl sites for hydroxylation is 1. The van der Waals surface area contributed by atoms with Crippen LogP contribution in [-0.2, 0) is 32.9 Å². The Morgan fingerprint density at radius 3 is 2.59 bits per heavy atom. The molecule has 1 aliphatic carbocycles. The molecule has 0 radical (unpaired) electrons. The van der Waals surface area contributed by atoms with E-state index in [1.54, 1.807) is 12.4 Å². The molecule has 1 atom stereocenters. The molecule has 0 unspecified atom stereocenters. The summed E-state index contributed by atoms with van der Waals surface area (Å²) < 4.78 is 10.9. The van der Waals surface area contributed by atoms with Crippen LogP contribution in [0.15, 0.2) is 23.5 Å². The number of fused-ring (bicyclic) bond motifs is 1. The van der Waals surface area contributed by atoms with Crippen molar-refractivity contribution < 1.29 is 24.2 Å². The number of rotatable bonds is 8. The van der Waals surface area contributed by atoms with E-state index in [1.807, 2.05) is 13.8 Å². The lowest BCUT2D eigenvalue weighted by Gasteiger charge is -2.16. The standard InChI is InChI=1S/C20H23Cl2N3O3S.CH2O2/c1-11(2)18(23)20(26)28-10-27-19-13-5-3-4-12(13)6-17(25-19)29-9-14-15(21)7-24-8-16(14)22;2-1-3/h6-8,11,18H,3-5,9-10,23H2,1-2H3;1H,(H,2,3)/t18-;/m0./s1. The molecule has 0 spiro atoms. The first kappa shape index (κ1) is 26.2. The van der Waals surface area contributed by atoms with Crippen molar-refractivity contribution in [1.29, 1.82) is 0 Å². The number of halogens is 2. The van der Waals surface area contributed by atoms with Gasteiger partial charge in [0.15, 0.2) is 0 Å². The highest BCUT2D eigenvalue weighted by Crippen LogP contribution is 2.35. The summed E-state index contributed by atoms with van der Waals surface area (Å²) in [5.41, 5.74) is 8.88. The predicted molar refractivity (Wildman–Crippen MR) is 123 cm³/mol. The smallest absolute Gasteiger partial charge is 0.326 e. The number of hydrogen-bond donors (Lipinski definition) is 2. The number of esters is 1. The van der Waals surface area contributed by atoms with Crippen molar-refractivity contribution in [3.05, 3.63) is 45.2 Å². The largest absolute Gasteiger partial charge is 0.483 e. The van der Waals surface area contributed by atoms with E-state index in [0.717, 1.165) is 35.4 Å². The van der Waals surface area contributed by atoms with Gasteiger partial charge in [-0.15, -0.1) is 11.8 Å². The molecule has 0 fully saturated rings. The van der Waals surface area contributed by atoms with Crippen molar-refractivity contribution in [2.75, 3.05) is 6.79 Å². The summed E-state index contributed by atoms with van der Waals surface area (Å²) in [4.78, 5) is 28.9. The van der Waals surface area contributed by atoms with Crippen molar-refractivity contribution in [3.8, 4) is 5.88 Å². The molecular formula is C21H25Cl2N3O5S. The van der Waals surface area contributed by atoms with Crippen molar-refractivity contribution >= 4 is 47.4 Å². The van der Waals surface area contributed by atoms with Crippen LogP contribution in [-0.4, -0.2) is 40.4 Å². The quantitative estimate of drug-likeness (QED) is 0.237. The van der Waals surface area contributed by atoms with Gasteiger partial charge in [-0.3, -0.25) is 14.6 Å². The van der Waals surface area contributed by atoms with Gasteiger partial charge in [0, 0.05) is 29.3 Å². The van der Waals surface area contributed by atoms with Gasteiger partial charge in [-0.05, 0) is 36.8 Å². The number of ether oxygens (including phenoxy) is 2. The number of thioether (sulfide) groups is 1. The number of hydrogen-bond acceptors (Lipinski definition) is 8. The molecular weight excluding hydrogens is 477 g/mol. The molecule has 11 heteroatoms. The van der Waals surface area contributed by atoms with Crippen LogP contribution in [0, 0.1) is 5.92 Å². The SMILES string of the molecule is CC(C)[C@H](N)C(=O)OCOc1nc(SCc2c(Cl)cncc2Cl)cc2c1CCC2.O=CO. The van der Waals surface area contributed by atoms with E-state index in [4.69, 9.17) is 48.3 Å². The Kier molecular flexibility index (Phi) is 10.5. The summed E-state index contributed by atoms with van der Waals surface area (Å²) in [5.74, 6) is 0.574. The normalized spacial score (nSPS) is 13.1. The molecule has 3 rings (SSSR count). The number of carboxylic acid groups (broad SMARTS) is 1.